The first-order chi connectivity index (χ1) is 8.20. The standard InChI is InChI=1S/C14H21FN2/c1-3-17-9-7-12(8-10-17)16-13-6-4-5-11(2)14(13)15/h4-6,12,16H,3,7-10H2,1-2H3. The number of anilines is 1. The predicted octanol–water partition coefficient (Wildman–Crippen LogP) is 3.03. The molecular weight excluding hydrogens is 215 g/mol. The molecule has 1 fully saturated rings. The lowest BCUT2D eigenvalue weighted by Gasteiger charge is -2.32. The van der Waals surface area contributed by atoms with Crippen LogP contribution in [-0.2, 0) is 0 Å². The Morgan fingerprint density at radius 1 is 1.35 bits per heavy atom. The molecular formula is C14H21FN2. The molecule has 94 valence electrons. The van der Waals surface area contributed by atoms with Crippen LogP contribution >= 0.6 is 0 Å². The summed E-state index contributed by atoms with van der Waals surface area (Å²) in [5.41, 5.74) is 1.36. The van der Waals surface area contributed by atoms with Crippen LogP contribution in [-0.4, -0.2) is 30.6 Å². The van der Waals surface area contributed by atoms with Crippen molar-refractivity contribution in [3.05, 3.63) is 29.6 Å². The van der Waals surface area contributed by atoms with Crippen molar-refractivity contribution < 1.29 is 4.39 Å². The molecule has 0 atom stereocenters. The zero-order valence-corrected chi connectivity index (χ0v) is 10.7. The molecule has 1 aromatic carbocycles. The van der Waals surface area contributed by atoms with Gasteiger partial charge >= 0.3 is 0 Å². The lowest BCUT2D eigenvalue weighted by atomic mass is 10.0. The monoisotopic (exact) mass is 236 g/mol. The van der Waals surface area contributed by atoms with E-state index in [1.165, 1.54) is 0 Å². The number of benzene rings is 1. The van der Waals surface area contributed by atoms with Gasteiger partial charge in [-0.2, -0.15) is 0 Å². The van der Waals surface area contributed by atoms with E-state index in [2.05, 4.69) is 17.1 Å². The van der Waals surface area contributed by atoms with E-state index >= 15 is 0 Å². The fourth-order valence-electron chi connectivity index (χ4n) is 2.37. The minimum Gasteiger partial charge on any atom is -0.380 e. The van der Waals surface area contributed by atoms with Crippen molar-refractivity contribution in [3.63, 3.8) is 0 Å². The van der Waals surface area contributed by atoms with Gasteiger partial charge in [0.15, 0.2) is 0 Å². The molecule has 17 heavy (non-hydrogen) atoms. The fourth-order valence-corrected chi connectivity index (χ4v) is 2.37. The van der Waals surface area contributed by atoms with Crippen molar-refractivity contribution in [1.82, 2.24) is 4.90 Å². The number of nitrogens with zero attached hydrogens (tertiary/aromatic N) is 1. The summed E-state index contributed by atoms with van der Waals surface area (Å²) in [7, 11) is 0. The van der Waals surface area contributed by atoms with Gasteiger partial charge in [0, 0.05) is 19.1 Å². The van der Waals surface area contributed by atoms with Crippen LogP contribution in [0.15, 0.2) is 18.2 Å². The number of hydrogen-bond donors (Lipinski definition) is 1. The van der Waals surface area contributed by atoms with Crippen molar-refractivity contribution in [3.8, 4) is 0 Å². The maximum absolute atomic E-state index is 13.8. The van der Waals surface area contributed by atoms with Crippen molar-refractivity contribution in [1.29, 1.82) is 0 Å². The van der Waals surface area contributed by atoms with Crippen molar-refractivity contribution in [2.45, 2.75) is 32.7 Å². The van der Waals surface area contributed by atoms with Crippen molar-refractivity contribution >= 4 is 5.69 Å². The quantitative estimate of drug-likeness (QED) is 0.867. The Labute approximate surface area is 103 Å². The summed E-state index contributed by atoms with van der Waals surface area (Å²) in [6.45, 7) is 7.34. The third-order valence-electron chi connectivity index (χ3n) is 3.59. The van der Waals surface area contributed by atoms with Crippen LogP contribution in [0.5, 0.6) is 0 Å². The first-order valence-corrected chi connectivity index (χ1v) is 6.44. The van der Waals surface area contributed by atoms with Gasteiger partial charge in [0.25, 0.3) is 0 Å². The Morgan fingerprint density at radius 3 is 2.71 bits per heavy atom. The van der Waals surface area contributed by atoms with Gasteiger partial charge in [0.2, 0.25) is 0 Å². The molecule has 0 amide bonds. The molecule has 0 radical (unpaired) electrons. The SMILES string of the molecule is CCN1CCC(Nc2cccc(C)c2F)CC1. The summed E-state index contributed by atoms with van der Waals surface area (Å²) in [6, 6.07) is 5.95. The van der Waals surface area contributed by atoms with E-state index in [0.29, 0.717) is 17.3 Å². The van der Waals surface area contributed by atoms with E-state index in [-0.39, 0.29) is 5.82 Å². The zero-order chi connectivity index (χ0) is 12.3. The number of piperidine rings is 1. The topological polar surface area (TPSA) is 15.3 Å². The Morgan fingerprint density at radius 2 is 2.06 bits per heavy atom. The summed E-state index contributed by atoms with van der Waals surface area (Å²) >= 11 is 0. The minimum atomic E-state index is -0.106. The van der Waals surface area contributed by atoms with Crippen LogP contribution in [0.2, 0.25) is 0 Å². The molecule has 0 aliphatic carbocycles. The number of halogens is 1. The van der Waals surface area contributed by atoms with E-state index in [9.17, 15) is 4.39 Å². The van der Waals surface area contributed by atoms with Gasteiger partial charge in [-0.25, -0.2) is 4.39 Å². The molecule has 1 aliphatic heterocycles. The highest BCUT2D eigenvalue weighted by Gasteiger charge is 2.18. The number of likely N-dealkylation sites (tertiary alicyclic amines) is 1. The molecule has 0 aromatic heterocycles. The third-order valence-corrected chi connectivity index (χ3v) is 3.59. The Balaban J connectivity index is 1.95. The van der Waals surface area contributed by atoms with Crippen molar-refractivity contribution in [2.24, 2.45) is 0 Å². The summed E-state index contributed by atoms with van der Waals surface area (Å²) < 4.78 is 13.8. The summed E-state index contributed by atoms with van der Waals surface area (Å²) in [6.07, 6.45) is 2.20. The average Bonchev–Trinajstić information content (AvgIpc) is 2.36. The van der Waals surface area contributed by atoms with Crippen LogP contribution in [0, 0.1) is 12.7 Å². The molecule has 1 aromatic rings. The van der Waals surface area contributed by atoms with Crippen LogP contribution in [0.3, 0.4) is 0 Å². The number of rotatable bonds is 3. The molecule has 0 bridgehead atoms. The highest BCUT2D eigenvalue weighted by molar-refractivity contribution is 5.48. The molecule has 0 saturated carbocycles. The highest BCUT2D eigenvalue weighted by atomic mass is 19.1. The molecule has 1 N–H and O–H groups in total. The summed E-state index contributed by atoms with van der Waals surface area (Å²) in [5, 5.41) is 3.33. The second-order valence-corrected chi connectivity index (χ2v) is 4.79. The van der Waals surface area contributed by atoms with E-state index in [1.54, 1.807) is 13.0 Å². The van der Waals surface area contributed by atoms with E-state index in [4.69, 9.17) is 0 Å². The molecule has 1 aliphatic rings. The predicted molar refractivity (Wildman–Crippen MR) is 69.9 cm³/mol. The van der Waals surface area contributed by atoms with E-state index in [1.807, 2.05) is 12.1 Å². The zero-order valence-electron chi connectivity index (χ0n) is 10.7. The van der Waals surface area contributed by atoms with Gasteiger partial charge in [-0.3, -0.25) is 0 Å². The number of nitrogens with one attached hydrogen (secondary N) is 1. The largest absolute Gasteiger partial charge is 0.380 e. The summed E-state index contributed by atoms with van der Waals surface area (Å²) in [4.78, 5) is 2.44. The van der Waals surface area contributed by atoms with Gasteiger partial charge in [-0.05, 0) is 37.9 Å². The number of aryl methyl sites for hydroxylation is 1. The molecule has 2 rings (SSSR count). The maximum Gasteiger partial charge on any atom is 0.149 e. The molecule has 1 saturated heterocycles. The second kappa shape index (κ2) is 5.50. The molecule has 3 heteroatoms. The molecule has 0 spiro atoms. The lowest BCUT2D eigenvalue weighted by Crippen LogP contribution is -2.39. The summed E-state index contributed by atoms with van der Waals surface area (Å²) in [5.74, 6) is -0.106. The fraction of sp³-hybridized carbons (Fsp3) is 0.571. The van der Waals surface area contributed by atoms with Crippen LogP contribution in [0.25, 0.3) is 0 Å². The van der Waals surface area contributed by atoms with Crippen molar-refractivity contribution in [2.75, 3.05) is 25.0 Å². The van der Waals surface area contributed by atoms with Gasteiger partial charge in [-0.15, -0.1) is 0 Å². The lowest BCUT2D eigenvalue weighted by molar-refractivity contribution is 0.229. The van der Waals surface area contributed by atoms with E-state index in [0.717, 1.165) is 32.5 Å². The maximum atomic E-state index is 13.8. The normalized spacial score (nSPS) is 18.3. The number of hydrogen-bond acceptors (Lipinski definition) is 2. The van der Waals surface area contributed by atoms with Crippen LogP contribution < -0.4 is 5.32 Å². The van der Waals surface area contributed by atoms with Crippen LogP contribution in [0.4, 0.5) is 10.1 Å². The average molecular weight is 236 g/mol. The Bertz CT molecular complexity index is 370. The third kappa shape index (κ3) is 2.97. The minimum absolute atomic E-state index is 0.106. The second-order valence-electron chi connectivity index (χ2n) is 4.79. The highest BCUT2D eigenvalue weighted by Crippen LogP contribution is 2.21. The van der Waals surface area contributed by atoms with Gasteiger partial charge in [-0.1, -0.05) is 19.1 Å². The Kier molecular flexibility index (Phi) is 4.00. The van der Waals surface area contributed by atoms with Crippen LogP contribution in [0.1, 0.15) is 25.3 Å². The Hall–Kier alpha value is -1.09. The molecule has 0 unspecified atom stereocenters. The first kappa shape index (κ1) is 12.4. The van der Waals surface area contributed by atoms with E-state index < -0.39 is 0 Å². The van der Waals surface area contributed by atoms with Gasteiger partial charge in [0.05, 0.1) is 5.69 Å². The molecule has 1 heterocycles. The molecule has 2 nitrogen and oxygen atoms in total. The first-order valence-electron chi connectivity index (χ1n) is 6.44. The smallest absolute Gasteiger partial charge is 0.149 e. The van der Waals surface area contributed by atoms with Gasteiger partial charge < -0.3 is 10.2 Å². The van der Waals surface area contributed by atoms with Gasteiger partial charge in [0.1, 0.15) is 5.82 Å².